The molecule has 1 aromatic heterocycles. The molecule has 0 atom stereocenters. The summed E-state index contributed by atoms with van der Waals surface area (Å²) in [6.45, 7) is 4.80. The van der Waals surface area contributed by atoms with Crippen molar-refractivity contribution < 1.29 is 4.39 Å². The predicted molar refractivity (Wildman–Crippen MR) is 100 cm³/mol. The molecule has 26 heavy (non-hydrogen) atoms. The number of nitrogens with zero attached hydrogens (tertiary/aromatic N) is 4. The molecule has 0 saturated heterocycles. The van der Waals surface area contributed by atoms with Gasteiger partial charge in [0.1, 0.15) is 17.5 Å². The number of halogens is 1. The molecular formula is C19H27FN6. The van der Waals surface area contributed by atoms with Crippen LogP contribution in [0.2, 0.25) is 0 Å². The van der Waals surface area contributed by atoms with E-state index in [4.69, 9.17) is 0 Å². The molecule has 7 heteroatoms. The fraction of sp³-hybridized carbons (Fsp3) is 0.526. The number of rotatable bonds is 6. The molecular weight excluding hydrogens is 331 g/mol. The van der Waals surface area contributed by atoms with E-state index in [1.54, 1.807) is 12.1 Å². The molecule has 0 bridgehead atoms. The topological polar surface area (TPSA) is 67.1 Å². The van der Waals surface area contributed by atoms with Gasteiger partial charge in [0.05, 0.1) is 6.54 Å². The summed E-state index contributed by atoms with van der Waals surface area (Å²) in [5.74, 6) is 2.60. The van der Waals surface area contributed by atoms with Crippen LogP contribution in [-0.2, 0) is 25.9 Å². The molecule has 6 nitrogen and oxygen atoms in total. The first kappa shape index (κ1) is 18.4. The lowest BCUT2D eigenvalue weighted by Crippen LogP contribution is -2.38. The minimum absolute atomic E-state index is 0.224. The van der Waals surface area contributed by atoms with Gasteiger partial charge in [-0.05, 0) is 25.8 Å². The van der Waals surface area contributed by atoms with Gasteiger partial charge in [-0.25, -0.2) is 9.38 Å². The van der Waals surface area contributed by atoms with E-state index in [1.165, 1.54) is 25.3 Å². The molecule has 0 radical (unpaired) electrons. The molecule has 0 spiro atoms. The summed E-state index contributed by atoms with van der Waals surface area (Å²) in [5.41, 5.74) is 0.590. The highest BCUT2D eigenvalue weighted by atomic mass is 19.1. The van der Waals surface area contributed by atoms with Crippen molar-refractivity contribution in [2.24, 2.45) is 4.99 Å². The lowest BCUT2D eigenvalue weighted by molar-refractivity contribution is 0.600. The van der Waals surface area contributed by atoms with E-state index in [0.717, 1.165) is 37.6 Å². The molecule has 2 N–H and O–H groups in total. The van der Waals surface area contributed by atoms with Gasteiger partial charge in [0.2, 0.25) is 0 Å². The Bertz CT molecular complexity index is 739. The van der Waals surface area contributed by atoms with Crippen LogP contribution in [0.5, 0.6) is 0 Å². The SMILES string of the molecule is CCNC(=NCc1ccccc1F)NCCc1nnc2n1CCCCC2. The van der Waals surface area contributed by atoms with E-state index >= 15 is 0 Å². The molecule has 3 rings (SSSR count). The second-order valence-corrected chi connectivity index (χ2v) is 6.46. The summed E-state index contributed by atoms with van der Waals surface area (Å²) in [7, 11) is 0. The summed E-state index contributed by atoms with van der Waals surface area (Å²) in [5, 5.41) is 15.2. The van der Waals surface area contributed by atoms with E-state index < -0.39 is 0 Å². The summed E-state index contributed by atoms with van der Waals surface area (Å²) in [4.78, 5) is 4.48. The lowest BCUT2D eigenvalue weighted by Gasteiger charge is -2.12. The molecule has 0 unspecified atom stereocenters. The first-order valence-electron chi connectivity index (χ1n) is 9.44. The van der Waals surface area contributed by atoms with Crippen molar-refractivity contribution in [2.45, 2.75) is 52.1 Å². The number of nitrogens with one attached hydrogen (secondary N) is 2. The summed E-state index contributed by atoms with van der Waals surface area (Å²) in [6, 6.07) is 6.73. The van der Waals surface area contributed by atoms with Gasteiger partial charge in [0, 0.05) is 38.0 Å². The van der Waals surface area contributed by atoms with E-state index in [0.29, 0.717) is 24.6 Å². The van der Waals surface area contributed by atoms with E-state index in [1.807, 2.05) is 13.0 Å². The van der Waals surface area contributed by atoms with Crippen LogP contribution in [-0.4, -0.2) is 33.8 Å². The van der Waals surface area contributed by atoms with Crippen molar-refractivity contribution in [1.82, 2.24) is 25.4 Å². The Morgan fingerprint density at radius 3 is 2.92 bits per heavy atom. The van der Waals surface area contributed by atoms with Gasteiger partial charge in [0.25, 0.3) is 0 Å². The first-order chi connectivity index (χ1) is 12.8. The standard InChI is InChI=1S/C19H27FN6/c1-2-21-19(23-14-15-8-5-6-9-16(15)20)22-12-11-18-25-24-17-10-4-3-7-13-26(17)18/h5-6,8-9H,2-4,7,10-14H2,1H3,(H2,21,22,23). The Balaban J connectivity index is 1.56. The van der Waals surface area contributed by atoms with Crippen molar-refractivity contribution in [1.29, 1.82) is 0 Å². The third kappa shape index (κ3) is 4.80. The van der Waals surface area contributed by atoms with E-state index in [-0.39, 0.29) is 5.82 Å². The highest BCUT2D eigenvalue weighted by molar-refractivity contribution is 5.79. The zero-order valence-corrected chi connectivity index (χ0v) is 15.3. The highest BCUT2D eigenvalue weighted by Gasteiger charge is 2.14. The van der Waals surface area contributed by atoms with Crippen LogP contribution >= 0.6 is 0 Å². The first-order valence-corrected chi connectivity index (χ1v) is 9.44. The third-order valence-electron chi connectivity index (χ3n) is 4.54. The Morgan fingerprint density at radius 2 is 2.08 bits per heavy atom. The number of fused-ring (bicyclic) bond motifs is 1. The molecule has 1 aliphatic heterocycles. The summed E-state index contributed by atoms with van der Waals surface area (Å²) in [6.07, 6.45) is 5.46. The van der Waals surface area contributed by atoms with Gasteiger partial charge in [-0.3, -0.25) is 0 Å². The molecule has 0 saturated carbocycles. The zero-order valence-electron chi connectivity index (χ0n) is 15.3. The number of benzene rings is 1. The molecule has 1 aromatic carbocycles. The monoisotopic (exact) mass is 358 g/mol. The van der Waals surface area contributed by atoms with E-state index in [9.17, 15) is 4.39 Å². The van der Waals surface area contributed by atoms with Crippen LogP contribution in [0.15, 0.2) is 29.3 Å². The zero-order chi connectivity index (χ0) is 18.2. The average molecular weight is 358 g/mol. The molecule has 140 valence electrons. The Kier molecular flexibility index (Phi) is 6.57. The minimum Gasteiger partial charge on any atom is -0.357 e. The van der Waals surface area contributed by atoms with Gasteiger partial charge in [0.15, 0.2) is 5.96 Å². The van der Waals surface area contributed by atoms with Crippen molar-refractivity contribution in [3.05, 3.63) is 47.3 Å². The molecule has 0 amide bonds. The average Bonchev–Trinajstić information content (AvgIpc) is 2.87. The third-order valence-corrected chi connectivity index (χ3v) is 4.54. The number of aryl methyl sites for hydroxylation is 1. The second kappa shape index (κ2) is 9.31. The summed E-state index contributed by atoms with van der Waals surface area (Å²) < 4.78 is 16.0. The maximum absolute atomic E-state index is 13.7. The smallest absolute Gasteiger partial charge is 0.191 e. The van der Waals surface area contributed by atoms with Crippen molar-refractivity contribution in [3.63, 3.8) is 0 Å². The lowest BCUT2D eigenvalue weighted by atomic mass is 10.2. The quantitative estimate of drug-likeness (QED) is 0.615. The normalized spacial score (nSPS) is 14.6. The van der Waals surface area contributed by atoms with Crippen LogP contribution in [0, 0.1) is 5.82 Å². The second-order valence-electron chi connectivity index (χ2n) is 6.46. The fourth-order valence-corrected chi connectivity index (χ4v) is 3.16. The van der Waals surface area contributed by atoms with Gasteiger partial charge in [-0.15, -0.1) is 10.2 Å². The van der Waals surface area contributed by atoms with E-state index in [2.05, 4.69) is 30.4 Å². The fourth-order valence-electron chi connectivity index (χ4n) is 3.16. The highest BCUT2D eigenvalue weighted by Crippen LogP contribution is 2.14. The van der Waals surface area contributed by atoms with Crippen molar-refractivity contribution in [2.75, 3.05) is 13.1 Å². The van der Waals surface area contributed by atoms with Crippen LogP contribution in [0.1, 0.15) is 43.4 Å². The number of aromatic nitrogens is 3. The molecule has 2 aromatic rings. The van der Waals surface area contributed by atoms with Crippen LogP contribution < -0.4 is 10.6 Å². The molecule has 2 heterocycles. The van der Waals surface area contributed by atoms with Gasteiger partial charge in [-0.1, -0.05) is 24.6 Å². The molecule has 0 aliphatic carbocycles. The van der Waals surface area contributed by atoms with Crippen molar-refractivity contribution >= 4 is 5.96 Å². The Labute approximate surface area is 153 Å². The van der Waals surface area contributed by atoms with Crippen molar-refractivity contribution in [3.8, 4) is 0 Å². The van der Waals surface area contributed by atoms with Crippen LogP contribution in [0.4, 0.5) is 4.39 Å². The maximum Gasteiger partial charge on any atom is 0.191 e. The maximum atomic E-state index is 13.7. The van der Waals surface area contributed by atoms with Crippen LogP contribution in [0.25, 0.3) is 0 Å². The van der Waals surface area contributed by atoms with Gasteiger partial charge < -0.3 is 15.2 Å². The summed E-state index contributed by atoms with van der Waals surface area (Å²) >= 11 is 0. The Hall–Kier alpha value is -2.44. The predicted octanol–water partition coefficient (Wildman–Crippen LogP) is 2.44. The number of hydrogen-bond acceptors (Lipinski definition) is 3. The Morgan fingerprint density at radius 1 is 1.19 bits per heavy atom. The van der Waals surface area contributed by atoms with Gasteiger partial charge >= 0.3 is 0 Å². The molecule has 1 aliphatic rings. The largest absolute Gasteiger partial charge is 0.357 e. The number of guanidine groups is 1. The van der Waals surface area contributed by atoms with Crippen LogP contribution in [0.3, 0.4) is 0 Å². The number of hydrogen-bond donors (Lipinski definition) is 2. The van der Waals surface area contributed by atoms with Gasteiger partial charge in [-0.2, -0.15) is 0 Å². The molecule has 0 fully saturated rings. The number of aliphatic imine (C=N–C) groups is 1. The minimum atomic E-state index is -0.224.